The van der Waals surface area contributed by atoms with E-state index >= 15 is 0 Å². The summed E-state index contributed by atoms with van der Waals surface area (Å²) in [6.07, 6.45) is 0. The van der Waals surface area contributed by atoms with Gasteiger partial charge in [-0.25, -0.2) is 0 Å². The van der Waals surface area contributed by atoms with Gasteiger partial charge in [-0.2, -0.15) is 0 Å². The molecule has 0 saturated carbocycles. The molecule has 1 aromatic rings. The van der Waals surface area contributed by atoms with Crippen LogP contribution in [0.4, 0.5) is 0 Å². The average Bonchev–Trinajstić information content (AvgIpc) is 2.40. The van der Waals surface area contributed by atoms with Crippen molar-refractivity contribution in [1.29, 1.82) is 0 Å². The van der Waals surface area contributed by atoms with Gasteiger partial charge in [0.15, 0.2) is 0 Å². The molecular weight excluding hydrogens is 230 g/mol. The molecule has 0 amide bonds. The Morgan fingerprint density at radius 1 is 1.00 bits per heavy atom. The lowest BCUT2D eigenvalue weighted by molar-refractivity contribution is 0.0403. The molecule has 0 saturated heterocycles. The highest BCUT2D eigenvalue weighted by Crippen LogP contribution is 2.17. The van der Waals surface area contributed by atoms with Crippen molar-refractivity contribution < 1.29 is 14.2 Å². The fourth-order valence-electron chi connectivity index (χ4n) is 1.56. The van der Waals surface area contributed by atoms with Gasteiger partial charge in [-0.05, 0) is 20.0 Å². The van der Waals surface area contributed by atoms with Crippen molar-refractivity contribution in [1.82, 2.24) is 5.32 Å². The van der Waals surface area contributed by atoms with Crippen LogP contribution in [-0.4, -0.2) is 40.1 Å². The molecule has 1 aromatic carbocycles. The summed E-state index contributed by atoms with van der Waals surface area (Å²) in [6, 6.07) is 8.03. The summed E-state index contributed by atoms with van der Waals surface area (Å²) < 4.78 is 16.3. The third kappa shape index (κ3) is 6.00. The van der Waals surface area contributed by atoms with Crippen molar-refractivity contribution in [3.8, 4) is 5.75 Å². The lowest BCUT2D eigenvalue weighted by Gasteiger charge is -2.11. The van der Waals surface area contributed by atoms with Gasteiger partial charge >= 0.3 is 0 Å². The summed E-state index contributed by atoms with van der Waals surface area (Å²) in [5.74, 6) is 0.917. The van der Waals surface area contributed by atoms with Gasteiger partial charge in [-0.15, -0.1) is 0 Å². The average molecular weight is 253 g/mol. The van der Waals surface area contributed by atoms with Crippen LogP contribution in [-0.2, 0) is 16.0 Å². The molecule has 1 rings (SSSR count). The maximum atomic E-state index is 5.69. The van der Waals surface area contributed by atoms with Crippen LogP contribution in [0.1, 0.15) is 12.5 Å². The second-order valence-corrected chi connectivity index (χ2v) is 3.80. The van der Waals surface area contributed by atoms with Crippen LogP contribution in [0.2, 0.25) is 0 Å². The van der Waals surface area contributed by atoms with Gasteiger partial charge in [-0.1, -0.05) is 18.2 Å². The van der Waals surface area contributed by atoms with Crippen molar-refractivity contribution >= 4 is 0 Å². The van der Waals surface area contributed by atoms with E-state index in [-0.39, 0.29) is 0 Å². The Labute approximate surface area is 109 Å². The first kappa shape index (κ1) is 15.0. The van der Waals surface area contributed by atoms with Gasteiger partial charge in [-0.3, -0.25) is 0 Å². The van der Waals surface area contributed by atoms with Crippen LogP contribution in [0.25, 0.3) is 0 Å². The summed E-state index contributed by atoms with van der Waals surface area (Å²) in [5, 5.41) is 3.12. The monoisotopic (exact) mass is 253 g/mol. The molecule has 0 aliphatic rings. The zero-order valence-corrected chi connectivity index (χ0v) is 11.3. The van der Waals surface area contributed by atoms with Crippen molar-refractivity contribution in [2.24, 2.45) is 0 Å². The zero-order valence-electron chi connectivity index (χ0n) is 11.3. The summed E-state index contributed by atoms with van der Waals surface area (Å²) in [7, 11) is 1.92. The second-order valence-electron chi connectivity index (χ2n) is 3.80. The molecule has 4 nitrogen and oxygen atoms in total. The first-order valence-corrected chi connectivity index (χ1v) is 6.39. The number of para-hydroxylation sites is 1. The molecule has 1 N–H and O–H groups in total. The van der Waals surface area contributed by atoms with Gasteiger partial charge < -0.3 is 19.5 Å². The van der Waals surface area contributed by atoms with Crippen LogP contribution in [0.15, 0.2) is 24.3 Å². The van der Waals surface area contributed by atoms with E-state index < -0.39 is 0 Å². The van der Waals surface area contributed by atoms with Crippen molar-refractivity contribution in [2.75, 3.05) is 40.1 Å². The highest BCUT2D eigenvalue weighted by Gasteiger charge is 2.01. The third-order valence-electron chi connectivity index (χ3n) is 2.40. The van der Waals surface area contributed by atoms with Gasteiger partial charge in [0.2, 0.25) is 0 Å². The molecule has 0 aliphatic heterocycles. The Bertz CT molecular complexity index is 318. The molecule has 0 atom stereocenters. The largest absolute Gasteiger partial charge is 0.491 e. The molecule has 4 heteroatoms. The van der Waals surface area contributed by atoms with Crippen LogP contribution < -0.4 is 10.1 Å². The molecule has 0 aromatic heterocycles. The first-order valence-electron chi connectivity index (χ1n) is 6.39. The fourth-order valence-corrected chi connectivity index (χ4v) is 1.56. The summed E-state index contributed by atoms with van der Waals surface area (Å²) >= 11 is 0. The van der Waals surface area contributed by atoms with Gasteiger partial charge in [0.25, 0.3) is 0 Å². The van der Waals surface area contributed by atoms with Gasteiger partial charge in [0.1, 0.15) is 12.4 Å². The minimum atomic E-state index is 0.562. The van der Waals surface area contributed by atoms with Crippen LogP contribution in [0, 0.1) is 0 Å². The highest BCUT2D eigenvalue weighted by atomic mass is 16.5. The van der Waals surface area contributed by atoms with E-state index in [0.29, 0.717) is 26.4 Å². The Kier molecular flexibility index (Phi) is 8.21. The molecule has 0 aliphatic carbocycles. The highest BCUT2D eigenvalue weighted by molar-refractivity contribution is 5.33. The quantitative estimate of drug-likeness (QED) is 0.646. The Morgan fingerprint density at radius 3 is 2.50 bits per heavy atom. The molecule has 0 fully saturated rings. The Hall–Kier alpha value is -1.10. The molecular formula is C14H23NO3. The molecule has 0 bridgehead atoms. The van der Waals surface area contributed by atoms with Crippen LogP contribution >= 0.6 is 0 Å². The van der Waals surface area contributed by atoms with Crippen molar-refractivity contribution in [3.63, 3.8) is 0 Å². The molecule has 0 radical (unpaired) electrons. The lowest BCUT2D eigenvalue weighted by Crippen LogP contribution is -2.12. The normalized spacial score (nSPS) is 10.6. The van der Waals surface area contributed by atoms with E-state index in [9.17, 15) is 0 Å². The maximum Gasteiger partial charge on any atom is 0.123 e. The standard InChI is InChI=1S/C14H23NO3/c1-3-16-8-9-17-10-11-18-14-7-5-4-6-13(14)12-15-2/h4-7,15H,3,8-12H2,1-2H3. The number of hydrogen-bond donors (Lipinski definition) is 1. The lowest BCUT2D eigenvalue weighted by atomic mass is 10.2. The maximum absolute atomic E-state index is 5.69. The van der Waals surface area contributed by atoms with Crippen LogP contribution in [0.5, 0.6) is 5.75 Å². The summed E-state index contributed by atoms with van der Waals surface area (Å²) in [5.41, 5.74) is 1.16. The number of nitrogens with one attached hydrogen (secondary N) is 1. The van der Waals surface area contributed by atoms with E-state index in [1.165, 1.54) is 0 Å². The van der Waals surface area contributed by atoms with Crippen LogP contribution in [0.3, 0.4) is 0 Å². The predicted molar refractivity (Wildman–Crippen MR) is 72.0 cm³/mol. The zero-order chi connectivity index (χ0) is 13.1. The summed E-state index contributed by atoms with van der Waals surface area (Å²) in [6.45, 7) is 5.93. The van der Waals surface area contributed by atoms with E-state index in [2.05, 4.69) is 11.4 Å². The van der Waals surface area contributed by atoms with E-state index in [1.807, 2.05) is 32.2 Å². The fraction of sp³-hybridized carbons (Fsp3) is 0.571. The molecule has 0 heterocycles. The van der Waals surface area contributed by atoms with E-state index in [0.717, 1.165) is 24.5 Å². The number of rotatable bonds is 10. The minimum Gasteiger partial charge on any atom is -0.491 e. The number of ether oxygens (including phenoxy) is 3. The molecule has 18 heavy (non-hydrogen) atoms. The van der Waals surface area contributed by atoms with E-state index in [1.54, 1.807) is 0 Å². The number of benzene rings is 1. The topological polar surface area (TPSA) is 39.7 Å². The Balaban J connectivity index is 2.18. The third-order valence-corrected chi connectivity index (χ3v) is 2.40. The Morgan fingerprint density at radius 2 is 1.72 bits per heavy atom. The number of hydrogen-bond acceptors (Lipinski definition) is 4. The smallest absolute Gasteiger partial charge is 0.123 e. The first-order chi connectivity index (χ1) is 8.88. The molecule has 0 unspecified atom stereocenters. The van der Waals surface area contributed by atoms with Crippen molar-refractivity contribution in [3.05, 3.63) is 29.8 Å². The molecule has 0 spiro atoms. The minimum absolute atomic E-state index is 0.562. The van der Waals surface area contributed by atoms with Crippen molar-refractivity contribution in [2.45, 2.75) is 13.5 Å². The summed E-state index contributed by atoms with van der Waals surface area (Å²) in [4.78, 5) is 0. The van der Waals surface area contributed by atoms with E-state index in [4.69, 9.17) is 14.2 Å². The van der Waals surface area contributed by atoms with Gasteiger partial charge in [0, 0.05) is 18.7 Å². The van der Waals surface area contributed by atoms with Gasteiger partial charge in [0.05, 0.1) is 19.8 Å². The second kappa shape index (κ2) is 9.88. The predicted octanol–water partition coefficient (Wildman–Crippen LogP) is 1.84. The SMILES string of the molecule is CCOCCOCCOc1ccccc1CNC. The molecule has 102 valence electrons.